The number of rotatable bonds is 2. The molecule has 0 saturated heterocycles. The Balaban J connectivity index is 1.24. The smallest absolute Gasteiger partial charge is 0.0438 e. The van der Waals surface area contributed by atoms with Crippen molar-refractivity contribution in [1.29, 1.82) is 0 Å². The maximum Gasteiger partial charge on any atom is 0.0438 e. The van der Waals surface area contributed by atoms with Crippen molar-refractivity contribution in [2.45, 2.75) is 5.92 Å². The van der Waals surface area contributed by atoms with Crippen molar-refractivity contribution >= 4 is 22.3 Å². The molecule has 0 N–H and O–H groups in total. The molecule has 1 unspecified atom stereocenters. The third-order valence-electron chi connectivity index (χ3n) is 12.5. The van der Waals surface area contributed by atoms with Crippen molar-refractivity contribution in [3.05, 3.63) is 249 Å². The van der Waals surface area contributed by atoms with E-state index in [0.29, 0.717) is 0 Å². The Morgan fingerprint density at radius 1 is 0.375 bits per heavy atom. The molecule has 0 aliphatic heterocycles. The van der Waals surface area contributed by atoms with Crippen molar-refractivity contribution in [1.82, 2.24) is 0 Å². The normalized spacial score (nSPS) is 15.9. The van der Waals surface area contributed by atoms with E-state index < -0.39 is 0 Å². The maximum absolute atomic E-state index is 4.11. The Bertz CT molecular complexity index is 3060. The zero-order valence-corrected chi connectivity index (χ0v) is 30.6. The predicted octanol–water partition coefficient (Wildman–Crippen LogP) is 11.5. The van der Waals surface area contributed by atoms with Gasteiger partial charge in [-0.1, -0.05) is 206 Å². The lowest BCUT2D eigenvalue weighted by Gasteiger charge is -2.20. The Hall–Kier alpha value is -7.20. The van der Waals surface area contributed by atoms with E-state index in [1.807, 2.05) is 0 Å². The molecule has 0 fully saturated rings. The second-order valence-corrected chi connectivity index (χ2v) is 15.2. The lowest BCUT2D eigenvalue weighted by molar-refractivity contribution is 1.03. The molecular formula is C56H34. The topological polar surface area (TPSA) is 0 Å². The maximum atomic E-state index is 4.11. The second kappa shape index (κ2) is 12.2. The van der Waals surface area contributed by atoms with Gasteiger partial charge < -0.3 is 0 Å². The zero-order chi connectivity index (χ0) is 36.7. The van der Waals surface area contributed by atoms with E-state index in [1.54, 1.807) is 0 Å². The zero-order valence-electron chi connectivity index (χ0n) is 30.6. The molecule has 258 valence electrons. The summed E-state index contributed by atoms with van der Waals surface area (Å²) in [6.45, 7) is 0. The fraction of sp³-hybridized carbons (Fsp3) is 0.0357. The third kappa shape index (κ3) is 4.37. The van der Waals surface area contributed by atoms with Gasteiger partial charge in [-0.2, -0.15) is 0 Å². The van der Waals surface area contributed by atoms with Crippen LogP contribution in [0, 0.1) is 17.8 Å². The summed E-state index contributed by atoms with van der Waals surface area (Å²) in [6.07, 6.45) is 9.05. The highest BCUT2D eigenvalue weighted by molar-refractivity contribution is 6.09. The van der Waals surface area contributed by atoms with E-state index in [-0.39, 0.29) is 11.8 Å². The van der Waals surface area contributed by atoms with Crippen LogP contribution < -0.4 is 10.4 Å². The van der Waals surface area contributed by atoms with Crippen molar-refractivity contribution < 1.29 is 0 Å². The molecule has 0 heteroatoms. The SMILES string of the molecule is C(#CC(=C1c2ccccc2-c2ccccc21)C1c2ccccc2-c2ccccc21)C(=C1c2ccccc2-c2ccccc21)C1=c2ccccc2=C2C=CC=CC21. The highest BCUT2D eigenvalue weighted by Crippen LogP contribution is 2.54. The van der Waals surface area contributed by atoms with Crippen molar-refractivity contribution in [3.63, 3.8) is 0 Å². The molecule has 0 bridgehead atoms. The molecule has 7 aromatic rings. The molecule has 12 rings (SSSR count). The van der Waals surface area contributed by atoms with Gasteiger partial charge in [0.15, 0.2) is 0 Å². The first-order chi connectivity index (χ1) is 27.8. The van der Waals surface area contributed by atoms with E-state index in [2.05, 4.69) is 206 Å². The van der Waals surface area contributed by atoms with Gasteiger partial charge in [-0.15, -0.1) is 0 Å². The van der Waals surface area contributed by atoms with Gasteiger partial charge in [-0.3, -0.25) is 0 Å². The predicted molar refractivity (Wildman–Crippen MR) is 232 cm³/mol. The Morgan fingerprint density at radius 2 is 0.804 bits per heavy atom. The minimum Gasteiger partial charge on any atom is -0.0726 e. The summed E-state index contributed by atoms with van der Waals surface area (Å²) in [5.74, 6) is 8.28. The molecule has 0 radical (unpaired) electrons. The molecule has 0 nitrogen and oxygen atoms in total. The summed E-state index contributed by atoms with van der Waals surface area (Å²) in [5.41, 5.74) is 22.6. The van der Waals surface area contributed by atoms with E-state index in [1.165, 1.54) is 99.5 Å². The minimum atomic E-state index is -0.0287. The van der Waals surface area contributed by atoms with E-state index in [0.717, 1.165) is 11.1 Å². The lowest BCUT2D eigenvalue weighted by Crippen LogP contribution is -2.23. The van der Waals surface area contributed by atoms with Crippen LogP contribution in [-0.2, 0) is 0 Å². The number of benzene rings is 7. The molecule has 5 aliphatic carbocycles. The van der Waals surface area contributed by atoms with Crippen LogP contribution >= 0.6 is 0 Å². The fourth-order valence-corrected chi connectivity index (χ4v) is 10.2. The van der Waals surface area contributed by atoms with Crippen LogP contribution in [0.25, 0.3) is 55.7 Å². The molecule has 0 spiro atoms. The Labute approximate surface area is 327 Å². The standard InChI is InChI=1S/C56H34/c1-9-25-43-35(17-1)36-18-2-10-26-44(36)53(43)51(54-45-27-11-3-19-37(45)38-20-4-12-28-46(38)54)33-34-52(55-47-29-13-5-21-39(47)40-22-6-14-30-48(40)55)56-49-31-15-7-23-41(49)42-24-8-16-32-50(42)56/h1-32,43,55H. The molecule has 5 aliphatic rings. The molecule has 0 aromatic heterocycles. The van der Waals surface area contributed by atoms with Crippen LogP contribution in [0.5, 0.6) is 0 Å². The van der Waals surface area contributed by atoms with Crippen LogP contribution in [0.15, 0.2) is 205 Å². The summed E-state index contributed by atoms with van der Waals surface area (Å²) < 4.78 is 0. The lowest BCUT2D eigenvalue weighted by atomic mass is 9.81. The van der Waals surface area contributed by atoms with Crippen LogP contribution in [-0.4, -0.2) is 0 Å². The van der Waals surface area contributed by atoms with Crippen LogP contribution in [0.1, 0.15) is 39.3 Å². The fourth-order valence-electron chi connectivity index (χ4n) is 10.2. The van der Waals surface area contributed by atoms with Gasteiger partial charge in [-0.25, -0.2) is 0 Å². The Morgan fingerprint density at radius 3 is 1.34 bits per heavy atom. The summed E-state index contributed by atoms with van der Waals surface area (Å²) >= 11 is 0. The molecule has 0 heterocycles. The van der Waals surface area contributed by atoms with Gasteiger partial charge in [0.2, 0.25) is 0 Å². The number of allylic oxidation sites excluding steroid dienone is 6. The monoisotopic (exact) mass is 706 g/mol. The van der Waals surface area contributed by atoms with Gasteiger partial charge in [0.1, 0.15) is 0 Å². The van der Waals surface area contributed by atoms with Gasteiger partial charge >= 0.3 is 0 Å². The average Bonchev–Trinajstić information content (AvgIpc) is 3.99. The van der Waals surface area contributed by atoms with E-state index in [9.17, 15) is 0 Å². The first-order valence-corrected chi connectivity index (χ1v) is 19.6. The largest absolute Gasteiger partial charge is 0.0726 e. The summed E-state index contributed by atoms with van der Waals surface area (Å²) in [6, 6.07) is 62.5. The highest BCUT2D eigenvalue weighted by atomic mass is 14.4. The van der Waals surface area contributed by atoms with Gasteiger partial charge in [0.05, 0.1) is 0 Å². The molecular weight excluding hydrogens is 673 g/mol. The van der Waals surface area contributed by atoms with Gasteiger partial charge in [0, 0.05) is 34.1 Å². The molecule has 56 heavy (non-hydrogen) atoms. The molecule has 1 atom stereocenters. The molecule has 0 amide bonds. The first kappa shape index (κ1) is 31.2. The van der Waals surface area contributed by atoms with Gasteiger partial charge in [0.25, 0.3) is 0 Å². The average molecular weight is 707 g/mol. The van der Waals surface area contributed by atoms with Crippen molar-refractivity contribution in [2.24, 2.45) is 5.92 Å². The molecule has 0 saturated carbocycles. The van der Waals surface area contributed by atoms with Crippen molar-refractivity contribution in [2.75, 3.05) is 0 Å². The number of fused-ring (bicyclic) bond motifs is 11. The summed E-state index contributed by atoms with van der Waals surface area (Å²) in [7, 11) is 0. The number of hydrogen-bond acceptors (Lipinski definition) is 0. The Kier molecular flexibility index (Phi) is 6.77. The van der Waals surface area contributed by atoms with Crippen LogP contribution in [0.2, 0.25) is 0 Å². The second-order valence-electron chi connectivity index (χ2n) is 15.2. The quantitative estimate of drug-likeness (QED) is 0.157. The minimum absolute atomic E-state index is 0.0287. The summed E-state index contributed by atoms with van der Waals surface area (Å²) in [4.78, 5) is 0. The molecule has 7 aromatic carbocycles. The van der Waals surface area contributed by atoms with E-state index >= 15 is 0 Å². The van der Waals surface area contributed by atoms with Gasteiger partial charge in [-0.05, 0) is 88.3 Å². The van der Waals surface area contributed by atoms with Crippen molar-refractivity contribution in [3.8, 4) is 45.2 Å². The highest BCUT2D eigenvalue weighted by Gasteiger charge is 2.36. The van der Waals surface area contributed by atoms with E-state index in [4.69, 9.17) is 0 Å². The van der Waals surface area contributed by atoms with Crippen LogP contribution in [0.3, 0.4) is 0 Å². The summed E-state index contributed by atoms with van der Waals surface area (Å²) in [5, 5.41) is 2.56. The third-order valence-corrected chi connectivity index (χ3v) is 12.5. The first-order valence-electron chi connectivity index (χ1n) is 19.6. The van der Waals surface area contributed by atoms with Crippen LogP contribution in [0.4, 0.5) is 0 Å². The number of hydrogen-bond donors (Lipinski definition) is 0.